The van der Waals surface area contributed by atoms with Crippen LogP contribution in [0.4, 0.5) is 11.4 Å². The topological polar surface area (TPSA) is 58.6 Å². The normalized spacial score (nSPS) is 13.7. The first-order valence-electron chi connectivity index (χ1n) is 10.5. The maximum absolute atomic E-state index is 13.6. The molecule has 0 saturated carbocycles. The Morgan fingerprint density at radius 2 is 1.41 bits per heavy atom. The van der Waals surface area contributed by atoms with E-state index in [4.69, 9.17) is 4.74 Å². The zero-order valence-corrected chi connectivity index (χ0v) is 18.9. The molecule has 5 nitrogen and oxygen atoms in total. The molecule has 0 aromatic heterocycles. The first-order valence-corrected chi connectivity index (χ1v) is 10.5. The number of amides is 2. The van der Waals surface area contributed by atoms with E-state index in [2.05, 4.69) is 5.32 Å². The van der Waals surface area contributed by atoms with Crippen molar-refractivity contribution in [1.82, 2.24) is 0 Å². The number of carbonyl (C=O) groups is 2. The summed E-state index contributed by atoms with van der Waals surface area (Å²) in [6, 6.07) is 18.8. The third-order valence-corrected chi connectivity index (χ3v) is 5.70. The Morgan fingerprint density at radius 1 is 0.750 bits per heavy atom. The molecule has 1 aliphatic rings. The van der Waals surface area contributed by atoms with Gasteiger partial charge in [0, 0.05) is 5.69 Å². The standard InChI is InChI=1S/C27H26N2O3/c1-16-12-17(2)14-22(13-16)29-26(30)24(20-7-6-18(3)19(4)15-20)25(27(29)31)28-21-8-10-23(32-5)11-9-21/h6-15,28H,1-5H3. The van der Waals surface area contributed by atoms with Gasteiger partial charge in [-0.3, -0.25) is 9.59 Å². The minimum Gasteiger partial charge on any atom is -0.497 e. The van der Waals surface area contributed by atoms with E-state index >= 15 is 0 Å². The van der Waals surface area contributed by atoms with Gasteiger partial charge < -0.3 is 10.1 Å². The molecule has 1 aliphatic heterocycles. The fraction of sp³-hybridized carbons (Fsp3) is 0.185. The molecule has 0 spiro atoms. The van der Waals surface area contributed by atoms with Crippen molar-refractivity contribution >= 4 is 28.8 Å². The minimum absolute atomic E-state index is 0.266. The van der Waals surface area contributed by atoms with Gasteiger partial charge in [-0.25, -0.2) is 4.90 Å². The van der Waals surface area contributed by atoms with Crippen LogP contribution >= 0.6 is 0 Å². The molecule has 0 saturated heterocycles. The lowest BCUT2D eigenvalue weighted by molar-refractivity contribution is -0.120. The zero-order valence-electron chi connectivity index (χ0n) is 18.9. The average molecular weight is 427 g/mol. The Labute approximate surface area is 188 Å². The molecule has 0 fully saturated rings. The third kappa shape index (κ3) is 3.89. The lowest BCUT2D eigenvalue weighted by Gasteiger charge is -2.17. The molecule has 32 heavy (non-hydrogen) atoms. The van der Waals surface area contributed by atoms with Gasteiger partial charge in [0.05, 0.1) is 18.4 Å². The Balaban J connectivity index is 1.83. The fourth-order valence-electron chi connectivity index (χ4n) is 3.94. The van der Waals surface area contributed by atoms with Crippen LogP contribution in [0.25, 0.3) is 5.57 Å². The van der Waals surface area contributed by atoms with E-state index in [1.165, 1.54) is 4.90 Å². The van der Waals surface area contributed by atoms with Gasteiger partial charge >= 0.3 is 0 Å². The number of aryl methyl sites for hydroxylation is 4. The summed E-state index contributed by atoms with van der Waals surface area (Å²) in [4.78, 5) is 28.4. The van der Waals surface area contributed by atoms with Gasteiger partial charge in [-0.2, -0.15) is 0 Å². The van der Waals surface area contributed by atoms with Crippen molar-refractivity contribution < 1.29 is 14.3 Å². The molecule has 0 atom stereocenters. The molecular weight excluding hydrogens is 400 g/mol. The van der Waals surface area contributed by atoms with Crippen molar-refractivity contribution in [1.29, 1.82) is 0 Å². The highest BCUT2D eigenvalue weighted by Gasteiger charge is 2.40. The maximum Gasteiger partial charge on any atom is 0.282 e. The fourth-order valence-corrected chi connectivity index (χ4v) is 3.94. The highest BCUT2D eigenvalue weighted by Crippen LogP contribution is 2.35. The van der Waals surface area contributed by atoms with E-state index in [9.17, 15) is 9.59 Å². The van der Waals surface area contributed by atoms with Crippen molar-refractivity contribution in [3.05, 3.63) is 94.2 Å². The number of hydrogen-bond donors (Lipinski definition) is 1. The van der Waals surface area contributed by atoms with E-state index in [1.54, 1.807) is 7.11 Å². The summed E-state index contributed by atoms with van der Waals surface area (Å²) >= 11 is 0. The lowest BCUT2D eigenvalue weighted by Crippen LogP contribution is -2.32. The molecule has 3 aromatic rings. The quantitative estimate of drug-likeness (QED) is 0.561. The lowest BCUT2D eigenvalue weighted by atomic mass is 9.99. The van der Waals surface area contributed by atoms with E-state index in [-0.39, 0.29) is 17.5 Å². The van der Waals surface area contributed by atoms with Crippen LogP contribution in [0.1, 0.15) is 27.8 Å². The molecule has 0 aliphatic carbocycles. The Morgan fingerprint density at radius 3 is 2.00 bits per heavy atom. The van der Waals surface area contributed by atoms with Crippen molar-refractivity contribution in [3.8, 4) is 5.75 Å². The van der Waals surface area contributed by atoms with Gasteiger partial charge in [0.25, 0.3) is 11.8 Å². The number of nitrogens with zero attached hydrogens (tertiary/aromatic N) is 1. The van der Waals surface area contributed by atoms with Crippen LogP contribution in [0, 0.1) is 27.7 Å². The van der Waals surface area contributed by atoms with Crippen LogP contribution in [0.5, 0.6) is 5.75 Å². The van der Waals surface area contributed by atoms with Crippen molar-refractivity contribution in [2.75, 3.05) is 17.3 Å². The second kappa shape index (κ2) is 8.35. The Kier molecular flexibility index (Phi) is 5.57. The Bertz CT molecular complexity index is 1240. The average Bonchev–Trinajstić information content (AvgIpc) is 2.99. The molecule has 0 bridgehead atoms. The first kappa shape index (κ1) is 21.4. The second-order valence-electron chi connectivity index (χ2n) is 8.19. The number of rotatable bonds is 5. The number of anilines is 2. The molecule has 0 radical (unpaired) electrons. The largest absolute Gasteiger partial charge is 0.497 e. The van der Waals surface area contributed by atoms with Crippen LogP contribution in [-0.2, 0) is 9.59 Å². The van der Waals surface area contributed by atoms with Crippen molar-refractivity contribution in [3.63, 3.8) is 0 Å². The number of carbonyl (C=O) groups excluding carboxylic acids is 2. The highest BCUT2D eigenvalue weighted by molar-refractivity contribution is 6.46. The van der Waals surface area contributed by atoms with E-state index < -0.39 is 0 Å². The maximum atomic E-state index is 13.6. The number of methoxy groups -OCH3 is 1. The van der Waals surface area contributed by atoms with Crippen molar-refractivity contribution in [2.24, 2.45) is 0 Å². The molecule has 0 unspecified atom stereocenters. The molecule has 3 aromatic carbocycles. The molecule has 4 rings (SSSR count). The third-order valence-electron chi connectivity index (χ3n) is 5.70. The molecule has 1 heterocycles. The number of benzene rings is 3. The summed E-state index contributed by atoms with van der Waals surface area (Å²) in [6.45, 7) is 7.93. The smallest absolute Gasteiger partial charge is 0.282 e. The summed E-state index contributed by atoms with van der Waals surface area (Å²) in [7, 11) is 1.60. The second-order valence-corrected chi connectivity index (χ2v) is 8.19. The predicted octanol–water partition coefficient (Wildman–Crippen LogP) is 5.33. The summed E-state index contributed by atoms with van der Waals surface area (Å²) in [5.41, 5.74) is 6.79. The zero-order chi connectivity index (χ0) is 23.0. The monoisotopic (exact) mass is 426 g/mol. The molecule has 1 N–H and O–H groups in total. The van der Waals surface area contributed by atoms with E-state index in [0.29, 0.717) is 28.3 Å². The summed E-state index contributed by atoms with van der Waals surface area (Å²) < 4.78 is 5.22. The van der Waals surface area contributed by atoms with E-state index in [0.717, 1.165) is 22.3 Å². The highest BCUT2D eigenvalue weighted by atomic mass is 16.5. The molecule has 162 valence electrons. The first-order chi connectivity index (χ1) is 15.3. The summed E-state index contributed by atoms with van der Waals surface area (Å²) in [6.07, 6.45) is 0. The van der Waals surface area contributed by atoms with Crippen LogP contribution in [0.15, 0.2) is 66.4 Å². The number of imide groups is 1. The molecular formula is C27H26N2O3. The van der Waals surface area contributed by atoms with Crippen LogP contribution in [0.3, 0.4) is 0 Å². The van der Waals surface area contributed by atoms with Gasteiger partial charge in [-0.05, 0) is 91.9 Å². The van der Waals surface area contributed by atoms with Gasteiger partial charge in [-0.15, -0.1) is 0 Å². The molecule has 5 heteroatoms. The van der Waals surface area contributed by atoms with Crippen molar-refractivity contribution in [2.45, 2.75) is 27.7 Å². The SMILES string of the molecule is COc1ccc(NC2=C(c3ccc(C)c(C)c3)C(=O)N(c3cc(C)cc(C)c3)C2=O)cc1. The van der Waals surface area contributed by atoms with Crippen LogP contribution in [0.2, 0.25) is 0 Å². The predicted molar refractivity (Wildman–Crippen MR) is 128 cm³/mol. The minimum atomic E-state index is -0.371. The number of hydrogen-bond acceptors (Lipinski definition) is 4. The molecule has 2 amide bonds. The number of ether oxygens (including phenoxy) is 1. The van der Waals surface area contributed by atoms with Gasteiger partial charge in [-0.1, -0.05) is 24.3 Å². The summed E-state index contributed by atoms with van der Waals surface area (Å²) in [5, 5.41) is 3.20. The Hall–Kier alpha value is -3.86. The van der Waals surface area contributed by atoms with Crippen LogP contribution in [-0.4, -0.2) is 18.9 Å². The van der Waals surface area contributed by atoms with E-state index in [1.807, 2.05) is 88.4 Å². The van der Waals surface area contributed by atoms with Gasteiger partial charge in [0.15, 0.2) is 0 Å². The number of nitrogens with one attached hydrogen (secondary N) is 1. The van der Waals surface area contributed by atoms with Gasteiger partial charge in [0.1, 0.15) is 11.4 Å². The summed E-state index contributed by atoms with van der Waals surface area (Å²) in [5.74, 6) is 0.00732. The van der Waals surface area contributed by atoms with Gasteiger partial charge in [0.2, 0.25) is 0 Å². The van der Waals surface area contributed by atoms with Crippen LogP contribution < -0.4 is 15.0 Å².